The molecule has 1 rings (SSSR count). The van der Waals surface area contributed by atoms with Crippen LogP contribution < -0.4 is 10.0 Å². The van der Waals surface area contributed by atoms with Crippen molar-refractivity contribution in [3.05, 3.63) is 11.4 Å². The third-order valence-corrected chi connectivity index (χ3v) is 4.89. The van der Waals surface area contributed by atoms with Gasteiger partial charge in [-0.05, 0) is 25.8 Å². The Kier molecular flexibility index (Phi) is 6.64. The average molecular weight is 302 g/mol. The summed E-state index contributed by atoms with van der Waals surface area (Å²) in [4.78, 5) is 0.282. The lowest BCUT2D eigenvalue weighted by molar-refractivity contribution is 0.527. The van der Waals surface area contributed by atoms with E-state index in [0.29, 0.717) is 30.4 Å². The Morgan fingerprint density at radius 2 is 2.05 bits per heavy atom. The number of aryl methyl sites for hydroxylation is 1. The molecule has 3 N–H and O–H groups in total. The zero-order chi connectivity index (χ0) is 15.2. The number of aromatic nitrogens is 2. The molecule has 0 spiro atoms. The van der Waals surface area contributed by atoms with Crippen LogP contribution in [0.25, 0.3) is 0 Å². The number of aromatic amines is 1. The van der Waals surface area contributed by atoms with Crippen molar-refractivity contribution in [3.8, 4) is 0 Å². The van der Waals surface area contributed by atoms with E-state index >= 15 is 0 Å². The largest absolute Gasteiger partial charge is 0.311 e. The van der Waals surface area contributed by atoms with Crippen molar-refractivity contribution in [2.24, 2.45) is 5.92 Å². The molecule has 1 heterocycles. The first-order valence-electron chi connectivity index (χ1n) is 7.16. The highest BCUT2D eigenvalue weighted by molar-refractivity contribution is 7.89. The number of hydrogen-bond acceptors (Lipinski definition) is 4. The summed E-state index contributed by atoms with van der Waals surface area (Å²) in [6.45, 7) is 9.60. The summed E-state index contributed by atoms with van der Waals surface area (Å²) < 4.78 is 27.4. The molecular weight excluding hydrogens is 276 g/mol. The van der Waals surface area contributed by atoms with Gasteiger partial charge in [0.2, 0.25) is 10.0 Å². The summed E-state index contributed by atoms with van der Waals surface area (Å²) in [5, 5.41) is 10.0. The van der Waals surface area contributed by atoms with Crippen molar-refractivity contribution in [1.82, 2.24) is 20.2 Å². The minimum absolute atomic E-state index is 0.282. The van der Waals surface area contributed by atoms with Gasteiger partial charge in [-0.15, -0.1) is 0 Å². The highest BCUT2D eigenvalue weighted by Crippen LogP contribution is 2.17. The van der Waals surface area contributed by atoms with E-state index in [-0.39, 0.29) is 4.90 Å². The van der Waals surface area contributed by atoms with Gasteiger partial charge >= 0.3 is 0 Å². The maximum absolute atomic E-state index is 12.4. The molecule has 1 aromatic rings. The smallest absolute Gasteiger partial charge is 0.244 e. The van der Waals surface area contributed by atoms with Crippen LogP contribution in [-0.2, 0) is 16.6 Å². The minimum atomic E-state index is -3.50. The van der Waals surface area contributed by atoms with E-state index in [9.17, 15) is 8.42 Å². The van der Waals surface area contributed by atoms with E-state index in [1.54, 1.807) is 6.92 Å². The molecule has 0 aliphatic rings. The van der Waals surface area contributed by atoms with Crippen molar-refractivity contribution in [2.45, 2.75) is 52.0 Å². The highest BCUT2D eigenvalue weighted by Gasteiger charge is 2.24. The second-order valence-electron chi connectivity index (χ2n) is 5.17. The predicted octanol–water partition coefficient (Wildman–Crippen LogP) is 1.54. The predicted molar refractivity (Wildman–Crippen MR) is 80.0 cm³/mol. The molecule has 116 valence electrons. The van der Waals surface area contributed by atoms with Crippen molar-refractivity contribution < 1.29 is 8.42 Å². The quantitative estimate of drug-likeness (QED) is 0.604. The SMILES string of the molecule is CCCNCc1n[nH]c(C)c1S(=O)(=O)NCC(C)CC. The lowest BCUT2D eigenvalue weighted by atomic mass is 10.1. The van der Waals surface area contributed by atoms with Crippen molar-refractivity contribution in [1.29, 1.82) is 0 Å². The molecular formula is C13H26N4O2S. The van der Waals surface area contributed by atoms with Gasteiger partial charge < -0.3 is 5.32 Å². The van der Waals surface area contributed by atoms with Crippen LogP contribution in [0.2, 0.25) is 0 Å². The van der Waals surface area contributed by atoms with E-state index < -0.39 is 10.0 Å². The van der Waals surface area contributed by atoms with Crippen LogP contribution in [0.3, 0.4) is 0 Å². The fourth-order valence-corrected chi connectivity index (χ4v) is 3.32. The van der Waals surface area contributed by atoms with Crippen LogP contribution in [0, 0.1) is 12.8 Å². The van der Waals surface area contributed by atoms with Crippen molar-refractivity contribution in [3.63, 3.8) is 0 Å². The fourth-order valence-electron chi connectivity index (χ4n) is 1.80. The van der Waals surface area contributed by atoms with Gasteiger partial charge in [-0.3, -0.25) is 5.10 Å². The number of sulfonamides is 1. The number of H-pyrrole nitrogens is 1. The van der Waals surface area contributed by atoms with Crippen molar-refractivity contribution in [2.75, 3.05) is 13.1 Å². The number of nitrogens with one attached hydrogen (secondary N) is 3. The van der Waals surface area contributed by atoms with Crippen LogP contribution in [0.4, 0.5) is 0 Å². The van der Waals surface area contributed by atoms with E-state index in [2.05, 4.69) is 27.2 Å². The Bertz CT molecular complexity index is 510. The highest BCUT2D eigenvalue weighted by atomic mass is 32.2. The molecule has 7 heteroatoms. The van der Waals surface area contributed by atoms with Gasteiger partial charge in [0.1, 0.15) is 4.90 Å². The standard InChI is InChI=1S/C13H26N4O2S/c1-5-7-14-9-12-13(11(4)16-17-12)20(18,19)15-8-10(3)6-2/h10,14-15H,5-9H2,1-4H3,(H,16,17). The number of nitrogens with zero attached hydrogens (tertiary/aromatic N) is 1. The lowest BCUT2D eigenvalue weighted by Gasteiger charge is -2.11. The zero-order valence-corrected chi connectivity index (χ0v) is 13.6. The summed E-state index contributed by atoms with van der Waals surface area (Å²) in [7, 11) is -3.50. The van der Waals surface area contributed by atoms with Crippen LogP contribution in [0.5, 0.6) is 0 Å². The minimum Gasteiger partial charge on any atom is -0.311 e. The molecule has 0 aliphatic heterocycles. The van der Waals surface area contributed by atoms with Gasteiger partial charge in [0.25, 0.3) is 0 Å². The second kappa shape index (κ2) is 7.75. The normalized spacial score (nSPS) is 13.6. The van der Waals surface area contributed by atoms with E-state index in [1.807, 2.05) is 13.8 Å². The molecule has 6 nitrogen and oxygen atoms in total. The fraction of sp³-hybridized carbons (Fsp3) is 0.769. The van der Waals surface area contributed by atoms with Crippen LogP contribution in [-0.4, -0.2) is 31.7 Å². The third-order valence-electron chi connectivity index (χ3n) is 3.27. The van der Waals surface area contributed by atoms with Gasteiger partial charge in [-0.25, -0.2) is 13.1 Å². The summed E-state index contributed by atoms with van der Waals surface area (Å²) >= 11 is 0. The third kappa shape index (κ3) is 4.57. The number of rotatable bonds is 9. The summed E-state index contributed by atoms with van der Waals surface area (Å²) in [6, 6.07) is 0. The van der Waals surface area contributed by atoms with Crippen LogP contribution in [0.15, 0.2) is 4.90 Å². The van der Waals surface area contributed by atoms with E-state index in [1.165, 1.54) is 0 Å². The summed E-state index contributed by atoms with van der Waals surface area (Å²) in [5.74, 6) is 0.318. The average Bonchev–Trinajstić information content (AvgIpc) is 2.78. The number of hydrogen-bond donors (Lipinski definition) is 3. The second-order valence-corrected chi connectivity index (χ2v) is 6.87. The van der Waals surface area contributed by atoms with Gasteiger partial charge in [-0.1, -0.05) is 27.2 Å². The molecule has 20 heavy (non-hydrogen) atoms. The monoisotopic (exact) mass is 302 g/mol. The van der Waals surface area contributed by atoms with Gasteiger partial charge in [0.05, 0.1) is 11.4 Å². The molecule has 0 radical (unpaired) electrons. The summed E-state index contributed by atoms with van der Waals surface area (Å²) in [5.41, 5.74) is 1.13. The molecule has 0 amide bonds. The molecule has 0 aliphatic carbocycles. The Morgan fingerprint density at radius 1 is 1.35 bits per heavy atom. The molecule has 1 atom stereocenters. The molecule has 0 saturated carbocycles. The maximum atomic E-state index is 12.4. The van der Waals surface area contributed by atoms with Crippen molar-refractivity contribution >= 4 is 10.0 Å². The topological polar surface area (TPSA) is 86.9 Å². The van der Waals surface area contributed by atoms with Gasteiger partial charge in [-0.2, -0.15) is 5.10 Å². The Morgan fingerprint density at radius 3 is 2.65 bits per heavy atom. The van der Waals surface area contributed by atoms with Crippen LogP contribution in [0.1, 0.15) is 45.0 Å². The molecule has 0 aromatic carbocycles. The van der Waals surface area contributed by atoms with Gasteiger partial charge in [0.15, 0.2) is 0 Å². The summed E-state index contributed by atoms with van der Waals surface area (Å²) in [6.07, 6.45) is 1.94. The molecule has 0 fully saturated rings. The molecule has 1 aromatic heterocycles. The Hall–Kier alpha value is -0.920. The molecule has 0 bridgehead atoms. The Balaban J connectivity index is 2.85. The molecule has 0 saturated heterocycles. The first kappa shape index (κ1) is 17.1. The van der Waals surface area contributed by atoms with E-state index in [0.717, 1.165) is 19.4 Å². The first-order chi connectivity index (χ1) is 9.42. The van der Waals surface area contributed by atoms with Crippen LogP contribution >= 0.6 is 0 Å². The maximum Gasteiger partial charge on any atom is 0.244 e. The van der Waals surface area contributed by atoms with E-state index in [4.69, 9.17) is 0 Å². The van der Waals surface area contributed by atoms with Gasteiger partial charge in [0, 0.05) is 13.1 Å². The molecule has 1 unspecified atom stereocenters. The zero-order valence-electron chi connectivity index (χ0n) is 12.8. The Labute approximate surface area is 121 Å². The lowest BCUT2D eigenvalue weighted by Crippen LogP contribution is -2.29. The first-order valence-corrected chi connectivity index (χ1v) is 8.64.